The van der Waals surface area contributed by atoms with Gasteiger partial charge >= 0.3 is 12.3 Å². The number of likely N-dealkylation sites (N-methyl/N-ethyl adjacent to an activating group) is 1. The Balaban J connectivity index is 0.000000454. The van der Waals surface area contributed by atoms with Gasteiger partial charge in [0.2, 0.25) is 0 Å². The third kappa shape index (κ3) is 6.04. The molecule has 1 amide bonds. The van der Waals surface area contributed by atoms with Crippen molar-refractivity contribution in [3.8, 4) is 16.9 Å². The van der Waals surface area contributed by atoms with Gasteiger partial charge in [0.25, 0.3) is 0 Å². The van der Waals surface area contributed by atoms with E-state index in [0.717, 1.165) is 22.9 Å². The minimum Gasteiger partial charge on any atom is -0.542 e. The Kier molecular flexibility index (Phi) is 8.10. The summed E-state index contributed by atoms with van der Waals surface area (Å²) in [6.07, 6.45) is 0.199. The second-order valence-corrected chi connectivity index (χ2v) is 10.0. The minimum atomic E-state index is -5.19. The van der Waals surface area contributed by atoms with Crippen molar-refractivity contribution in [2.45, 2.75) is 49.9 Å². The Morgan fingerprint density at radius 3 is 2.53 bits per heavy atom. The maximum atomic E-state index is 12.6. The first-order valence-electron chi connectivity index (χ1n) is 11.4. The number of hydrogen-bond acceptors (Lipinski definition) is 5. The van der Waals surface area contributed by atoms with E-state index in [4.69, 9.17) is 26.2 Å². The molecule has 0 aromatic heterocycles. The third-order valence-corrected chi connectivity index (χ3v) is 7.57. The summed E-state index contributed by atoms with van der Waals surface area (Å²) in [7, 11) is 4.55. The molecule has 11 heteroatoms. The molecule has 0 aliphatic carbocycles. The molecule has 7 nitrogen and oxygen atoms in total. The van der Waals surface area contributed by atoms with E-state index in [-0.39, 0.29) is 11.3 Å². The van der Waals surface area contributed by atoms with E-state index in [0.29, 0.717) is 28.9 Å². The van der Waals surface area contributed by atoms with E-state index in [9.17, 15) is 23.1 Å². The maximum absolute atomic E-state index is 12.6. The number of anilines is 1. The summed E-state index contributed by atoms with van der Waals surface area (Å²) in [6, 6.07) is 12.8. The van der Waals surface area contributed by atoms with E-state index < -0.39 is 18.2 Å². The maximum Gasteiger partial charge on any atom is 0.430 e. The Hall–Kier alpha value is -2.98. The molecule has 0 spiro atoms. The van der Waals surface area contributed by atoms with E-state index >= 15 is 0 Å². The molecular weight excluding hydrogens is 501 g/mol. The molecule has 2 atom stereocenters. The lowest BCUT2D eigenvalue weighted by Gasteiger charge is -2.49. The number of aromatic hydroxyl groups is 1. The van der Waals surface area contributed by atoms with Crippen molar-refractivity contribution < 1.29 is 42.2 Å². The van der Waals surface area contributed by atoms with Crippen LogP contribution in [0.25, 0.3) is 11.1 Å². The summed E-state index contributed by atoms with van der Waals surface area (Å²) in [6.45, 7) is 0.424. The van der Waals surface area contributed by atoms with Crippen LogP contribution in [0.2, 0.25) is 5.02 Å². The molecule has 2 aliphatic heterocycles. The number of nitrogens with one attached hydrogen (secondary N) is 1. The number of hydrogen-bond donors (Lipinski definition) is 2. The number of rotatable bonds is 4. The van der Waals surface area contributed by atoms with Gasteiger partial charge in [-0.25, -0.2) is 4.79 Å². The van der Waals surface area contributed by atoms with Crippen LogP contribution in [0.1, 0.15) is 32.1 Å². The topological polar surface area (TPSA) is 98.7 Å². The molecule has 0 radical (unpaired) electrons. The monoisotopic (exact) mass is 528 g/mol. The molecule has 4 rings (SSSR count). The molecule has 2 bridgehead atoms. The molecule has 2 aromatic carbocycles. The molecule has 2 fully saturated rings. The number of phenols is 1. The number of phenolic OH excluding ortho intramolecular Hbond substituents is 1. The van der Waals surface area contributed by atoms with Gasteiger partial charge in [-0.2, -0.15) is 13.2 Å². The van der Waals surface area contributed by atoms with Crippen LogP contribution in [0.4, 0.5) is 23.7 Å². The van der Waals surface area contributed by atoms with E-state index in [1.807, 2.05) is 12.1 Å². The largest absolute Gasteiger partial charge is 0.542 e. The molecule has 36 heavy (non-hydrogen) atoms. The number of halogens is 4. The van der Waals surface area contributed by atoms with Crippen LogP contribution in [-0.4, -0.2) is 60.1 Å². The Morgan fingerprint density at radius 1 is 1.19 bits per heavy atom. The van der Waals surface area contributed by atoms with Crippen LogP contribution < -0.4 is 10.4 Å². The lowest BCUT2D eigenvalue weighted by atomic mass is 9.87. The third-order valence-electron chi connectivity index (χ3n) is 7.34. The van der Waals surface area contributed by atoms with E-state index in [1.165, 1.54) is 19.3 Å². The quantitative estimate of drug-likeness (QED) is 0.442. The van der Waals surface area contributed by atoms with Crippen molar-refractivity contribution in [3.05, 3.63) is 47.5 Å². The molecule has 2 aliphatic rings. The summed E-state index contributed by atoms with van der Waals surface area (Å²) < 4.78 is 38.2. The van der Waals surface area contributed by atoms with Crippen LogP contribution in [0.15, 0.2) is 42.5 Å². The standard InChI is InChI=1S/C23H27ClN2O3.C2HF3O2/c1-26(2)18-7-4-11-23(26,12-10-18)15-29-22(28)25-21-9-8-19(27)14-20(21)16-5-3-6-17(24)13-16;3-2(4,5)1(6)7/h3,5-6,8-9,13-14,18H,4,7,10-12,15H2,1-2H3,(H-,25,27,28);(H,6,7). The van der Waals surface area contributed by atoms with Crippen molar-refractivity contribution in [1.82, 2.24) is 0 Å². The fourth-order valence-electron chi connectivity index (χ4n) is 5.17. The number of carbonyl (C=O) groups is 2. The van der Waals surface area contributed by atoms with Gasteiger partial charge < -0.3 is 24.2 Å². The summed E-state index contributed by atoms with van der Waals surface area (Å²) in [5.41, 5.74) is 2.10. The fraction of sp³-hybridized carbons (Fsp3) is 0.440. The van der Waals surface area contributed by atoms with Crippen LogP contribution in [0.5, 0.6) is 5.75 Å². The van der Waals surface area contributed by atoms with Gasteiger partial charge in [0.1, 0.15) is 23.9 Å². The van der Waals surface area contributed by atoms with E-state index in [2.05, 4.69) is 19.4 Å². The summed E-state index contributed by atoms with van der Waals surface area (Å²) in [5, 5.41) is 22.2. The highest BCUT2D eigenvalue weighted by Crippen LogP contribution is 2.48. The second kappa shape index (κ2) is 10.6. The van der Waals surface area contributed by atoms with Gasteiger partial charge in [-0.05, 0) is 48.7 Å². The van der Waals surface area contributed by atoms with E-state index in [1.54, 1.807) is 30.3 Å². The molecule has 2 unspecified atom stereocenters. The van der Waals surface area contributed by atoms with Crippen LogP contribution in [-0.2, 0) is 9.53 Å². The Morgan fingerprint density at radius 2 is 1.89 bits per heavy atom. The van der Waals surface area contributed by atoms with Gasteiger partial charge in [0, 0.05) is 29.8 Å². The van der Waals surface area contributed by atoms with Crippen LogP contribution in [0, 0.1) is 0 Å². The zero-order chi connectivity index (χ0) is 26.7. The van der Waals surface area contributed by atoms with Gasteiger partial charge in [0.05, 0.1) is 25.8 Å². The van der Waals surface area contributed by atoms with Crippen molar-refractivity contribution in [1.29, 1.82) is 0 Å². The number of alkyl halides is 3. The number of amides is 1. The molecule has 2 N–H and O–H groups in total. The number of aliphatic carboxylic acids is 1. The SMILES string of the molecule is C[N+]1(C)C2CCCC1(COC(=O)Nc1ccc(O)cc1-c1cccc(Cl)c1)CC2.O=C([O-])C(F)(F)F. The first kappa shape index (κ1) is 27.6. The molecule has 2 heterocycles. The van der Waals surface area contributed by atoms with Crippen molar-refractivity contribution in [2.75, 3.05) is 26.0 Å². The first-order valence-corrected chi connectivity index (χ1v) is 11.8. The highest BCUT2D eigenvalue weighted by molar-refractivity contribution is 6.30. The number of ether oxygens (including phenoxy) is 1. The molecule has 2 aromatic rings. The number of nitrogens with zero attached hydrogens (tertiary/aromatic N) is 1. The second-order valence-electron chi connectivity index (χ2n) is 9.58. The van der Waals surface area contributed by atoms with Crippen LogP contribution >= 0.6 is 11.6 Å². The van der Waals surface area contributed by atoms with Crippen LogP contribution in [0.3, 0.4) is 0 Å². The minimum absolute atomic E-state index is 0.0188. The average Bonchev–Trinajstić information content (AvgIpc) is 2.93. The molecule has 0 saturated carbocycles. The smallest absolute Gasteiger partial charge is 0.430 e. The van der Waals surface area contributed by atoms with Gasteiger partial charge in [0.15, 0.2) is 0 Å². The number of benzene rings is 2. The first-order chi connectivity index (χ1) is 16.7. The number of fused-ring (bicyclic) bond motifs is 2. The number of piperidine rings is 1. The molecule has 196 valence electrons. The number of quaternary nitrogens is 1. The summed E-state index contributed by atoms with van der Waals surface area (Å²) in [4.78, 5) is 21.4. The highest BCUT2D eigenvalue weighted by Gasteiger charge is 2.58. The number of carboxylic acid groups (broad SMARTS) is 1. The predicted octanol–water partition coefficient (Wildman–Crippen LogP) is 4.72. The van der Waals surface area contributed by atoms with Crippen molar-refractivity contribution in [3.63, 3.8) is 0 Å². The van der Waals surface area contributed by atoms with Crippen molar-refractivity contribution >= 4 is 29.4 Å². The summed E-state index contributed by atoms with van der Waals surface area (Å²) >= 11 is 6.11. The zero-order valence-corrected chi connectivity index (χ0v) is 20.7. The lowest BCUT2D eigenvalue weighted by Crippen LogP contribution is -2.63. The number of carboxylic acids is 1. The van der Waals surface area contributed by atoms with Crippen molar-refractivity contribution in [2.24, 2.45) is 0 Å². The van der Waals surface area contributed by atoms with Gasteiger partial charge in [-0.15, -0.1) is 0 Å². The van der Waals surface area contributed by atoms with Gasteiger partial charge in [-0.1, -0.05) is 23.7 Å². The predicted molar refractivity (Wildman–Crippen MR) is 126 cm³/mol. The lowest BCUT2D eigenvalue weighted by molar-refractivity contribution is -0.956. The molecule has 2 saturated heterocycles. The average molecular weight is 529 g/mol. The zero-order valence-electron chi connectivity index (χ0n) is 19.9. The normalized spacial score (nSPS) is 22.2. The highest BCUT2D eigenvalue weighted by atomic mass is 35.5. The Labute approximate surface area is 212 Å². The molecular formula is C25H28ClF3N2O5. The Bertz CT molecular complexity index is 1120. The number of carbonyl (C=O) groups excluding carboxylic acids is 2. The van der Waals surface area contributed by atoms with Gasteiger partial charge in [-0.3, -0.25) is 5.32 Å². The summed E-state index contributed by atoms with van der Waals surface area (Å²) in [5.74, 6) is -2.89. The fourth-order valence-corrected chi connectivity index (χ4v) is 5.36.